The van der Waals surface area contributed by atoms with Gasteiger partial charge in [-0.2, -0.15) is 0 Å². The number of anilines is 1. The maximum atomic E-state index is 12.5. The monoisotopic (exact) mass is 318 g/mol. The summed E-state index contributed by atoms with van der Waals surface area (Å²) in [7, 11) is 1.97. The van der Waals surface area contributed by atoms with Gasteiger partial charge >= 0.3 is 0 Å². The van der Waals surface area contributed by atoms with E-state index in [-0.39, 0.29) is 11.9 Å². The van der Waals surface area contributed by atoms with Crippen LogP contribution in [0.15, 0.2) is 72.8 Å². The van der Waals surface area contributed by atoms with E-state index in [1.54, 1.807) is 0 Å². The Morgan fingerprint density at radius 2 is 1.62 bits per heavy atom. The summed E-state index contributed by atoms with van der Waals surface area (Å²) in [6.07, 6.45) is 0. The van der Waals surface area contributed by atoms with Crippen molar-refractivity contribution in [3.63, 3.8) is 0 Å². The van der Waals surface area contributed by atoms with Crippen LogP contribution in [-0.2, 0) is 11.3 Å². The van der Waals surface area contributed by atoms with Crippen LogP contribution in [0.2, 0.25) is 0 Å². The second-order valence-electron chi connectivity index (χ2n) is 6.13. The molecule has 122 valence electrons. The summed E-state index contributed by atoms with van der Waals surface area (Å²) in [5.41, 5.74) is 2.03. The number of rotatable bonds is 5. The van der Waals surface area contributed by atoms with Crippen molar-refractivity contribution in [3.8, 4) is 0 Å². The normalized spacial score (nSPS) is 12.3. The molecule has 1 amide bonds. The third-order valence-corrected chi connectivity index (χ3v) is 4.33. The lowest BCUT2D eigenvalue weighted by Crippen LogP contribution is -2.39. The van der Waals surface area contributed by atoms with Crippen LogP contribution < -0.4 is 5.32 Å². The van der Waals surface area contributed by atoms with E-state index in [9.17, 15) is 4.79 Å². The fourth-order valence-electron chi connectivity index (χ4n) is 2.72. The van der Waals surface area contributed by atoms with E-state index in [2.05, 4.69) is 29.6 Å². The van der Waals surface area contributed by atoms with Crippen LogP contribution >= 0.6 is 0 Å². The fourth-order valence-corrected chi connectivity index (χ4v) is 2.72. The molecule has 0 fully saturated rings. The first-order valence-corrected chi connectivity index (χ1v) is 8.17. The van der Waals surface area contributed by atoms with Crippen molar-refractivity contribution in [2.75, 3.05) is 12.4 Å². The molecule has 1 atom stereocenters. The molecule has 3 nitrogen and oxygen atoms in total. The first-order valence-electron chi connectivity index (χ1n) is 8.17. The molecule has 1 N–H and O–H groups in total. The van der Waals surface area contributed by atoms with Crippen molar-refractivity contribution in [2.24, 2.45) is 0 Å². The molecular weight excluding hydrogens is 296 g/mol. The average molecular weight is 318 g/mol. The number of carbonyl (C=O) groups is 1. The number of hydrogen-bond donors (Lipinski definition) is 1. The zero-order chi connectivity index (χ0) is 16.9. The first-order chi connectivity index (χ1) is 11.6. The highest BCUT2D eigenvalue weighted by atomic mass is 16.2. The Labute approximate surface area is 142 Å². The second kappa shape index (κ2) is 7.28. The Balaban J connectivity index is 1.66. The lowest BCUT2D eigenvalue weighted by atomic mass is 10.1. The largest absolute Gasteiger partial charge is 0.325 e. The van der Waals surface area contributed by atoms with Gasteiger partial charge in [-0.05, 0) is 42.4 Å². The van der Waals surface area contributed by atoms with Gasteiger partial charge in [-0.1, -0.05) is 60.7 Å². The third kappa shape index (κ3) is 3.81. The Hall–Kier alpha value is -2.65. The van der Waals surface area contributed by atoms with E-state index >= 15 is 0 Å². The molecule has 0 aliphatic heterocycles. The molecule has 0 spiro atoms. The number of carbonyl (C=O) groups excluding carboxylic acids is 1. The van der Waals surface area contributed by atoms with Gasteiger partial charge in [-0.3, -0.25) is 9.69 Å². The summed E-state index contributed by atoms with van der Waals surface area (Å²) in [5.74, 6) is 0.00344. The first kappa shape index (κ1) is 16.2. The predicted molar refractivity (Wildman–Crippen MR) is 99.9 cm³/mol. The van der Waals surface area contributed by atoms with Crippen LogP contribution in [0.25, 0.3) is 10.8 Å². The van der Waals surface area contributed by atoms with Gasteiger partial charge in [0.2, 0.25) is 5.91 Å². The molecule has 3 rings (SSSR count). The van der Waals surface area contributed by atoms with Crippen LogP contribution in [0.5, 0.6) is 0 Å². The standard InChI is InChI=1S/C21H22N2O/c1-16(23(2)15-17-8-4-3-5-9-17)21(24)22-20-13-12-18-10-6-7-11-19(18)14-20/h3-14,16H,15H2,1-2H3,(H,22,24)/t16-/m0/s1. The molecule has 0 saturated heterocycles. The lowest BCUT2D eigenvalue weighted by molar-refractivity contribution is -0.120. The summed E-state index contributed by atoms with van der Waals surface area (Å²) >= 11 is 0. The van der Waals surface area contributed by atoms with E-state index < -0.39 is 0 Å². The fraction of sp³-hybridized carbons (Fsp3) is 0.190. The highest BCUT2D eigenvalue weighted by molar-refractivity contribution is 5.97. The number of hydrogen-bond acceptors (Lipinski definition) is 2. The minimum absolute atomic E-state index is 0.00344. The minimum Gasteiger partial charge on any atom is -0.325 e. The van der Waals surface area contributed by atoms with E-state index in [1.165, 1.54) is 10.9 Å². The molecule has 0 aliphatic carbocycles. The smallest absolute Gasteiger partial charge is 0.241 e. The van der Waals surface area contributed by atoms with Crippen LogP contribution in [-0.4, -0.2) is 23.9 Å². The number of fused-ring (bicyclic) bond motifs is 1. The number of benzene rings is 3. The van der Waals surface area contributed by atoms with Crippen LogP contribution in [0, 0.1) is 0 Å². The summed E-state index contributed by atoms with van der Waals surface area (Å²) in [4.78, 5) is 14.6. The number of nitrogens with one attached hydrogen (secondary N) is 1. The zero-order valence-electron chi connectivity index (χ0n) is 14.1. The summed E-state index contributed by atoms with van der Waals surface area (Å²) in [6.45, 7) is 2.67. The highest BCUT2D eigenvalue weighted by Gasteiger charge is 2.18. The van der Waals surface area contributed by atoms with Crippen molar-refractivity contribution in [3.05, 3.63) is 78.4 Å². The van der Waals surface area contributed by atoms with Gasteiger partial charge in [0.1, 0.15) is 0 Å². The molecule has 0 radical (unpaired) electrons. The van der Waals surface area contributed by atoms with Crippen LogP contribution in [0.4, 0.5) is 5.69 Å². The van der Waals surface area contributed by atoms with Crippen molar-refractivity contribution < 1.29 is 4.79 Å². The van der Waals surface area contributed by atoms with Gasteiger partial charge < -0.3 is 5.32 Å². The van der Waals surface area contributed by atoms with Crippen molar-refractivity contribution in [1.29, 1.82) is 0 Å². The minimum atomic E-state index is -0.211. The van der Waals surface area contributed by atoms with Gasteiger partial charge in [0.25, 0.3) is 0 Å². The molecular formula is C21H22N2O. The Morgan fingerprint density at radius 3 is 2.38 bits per heavy atom. The molecule has 3 heteroatoms. The molecule has 0 heterocycles. The molecule has 0 bridgehead atoms. The highest BCUT2D eigenvalue weighted by Crippen LogP contribution is 2.19. The Morgan fingerprint density at radius 1 is 0.958 bits per heavy atom. The van der Waals surface area contributed by atoms with Crippen molar-refractivity contribution in [2.45, 2.75) is 19.5 Å². The molecule has 0 aromatic heterocycles. The number of nitrogens with zero attached hydrogens (tertiary/aromatic N) is 1. The quantitative estimate of drug-likeness (QED) is 0.761. The lowest BCUT2D eigenvalue weighted by Gasteiger charge is -2.24. The van der Waals surface area contributed by atoms with Gasteiger partial charge in [0.05, 0.1) is 6.04 Å². The SMILES string of the molecule is C[C@@H](C(=O)Nc1ccc2ccccc2c1)N(C)Cc1ccccc1. The van der Waals surface area contributed by atoms with Crippen molar-refractivity contribution >= 4 is 22.4 Å². The molecule has 3 aromatic rings. The average Bonchev–Trinajstić information content (AvgIpc) is 2.61. The van der Waals surface area contributed by atoms with Crippen LogP contribution in [0.1, 0.15) is 12.5 Å². The molecule has 3 aromatic carbocycles. The van der Waals surface area contributed by atoms with Crippen molar-refractivity contribution in [1.82, 2.24) is 4.90 Å². The summed E-state index contributed by atoms with van der Waals surface area (Å²) in [6, 6.07) is 24.1. The van der Waals surface area contributed by atoms with Gasteiger partial charge in [-0.15, -0.1) is 0 Å². The number of amides is 1. The maximum Gasteiger partial charge on any atom is 0.241 e. The maximum absolute atomic E-state index is 12.5. The third-order valence-electron chi connectivity index (χ3n) is 4.33. The van der Waals surface area contributed by atoms with E-state index in [4.69, 9.17) is 0 Å². The van der Waals surface area contributed by atoms with E-state index in [1.807, 2.05) is 67.4 Å². The second-order valence-corrected chi connectivity index (χ2v) is 6.13. The predicted octanol–water partition coefficient (Wildman–Crippen LogP) is 4.30. The topological polar surface area (TPSA) is 32.3 Å². The summed E-state index contributed by atoms with van der Waals surface area (Å²) in [5, 5.41) is 5.32. The molecule has 0 saturated carbocycles. The van der Waals surface area contributed by atoms with Gasteiger partial charge in [-0.25, -0.2) is 0 Å². The van der Waals surface area contributed by atoms with E-state index in [0.29, 0.717) is 0 Å². The van der Waals surface area contributed by atoms with Gasteiger partial charge in [0, 0.05) is 12.2 Å². The van der Waals surface area contributed by atoms with Crippen LogP contribution in [0.3, 0.4) is 0 Å². The molecule has 0 unspecified atom stereocenters. The number of likely N-dealkylation sites (N-methyl/N-ethyl adjacent to an activating group) is 1. The molecule has 24 heavy (non-hydrogen) atoms. The van der Waals surface area contributed by atoms with E-state index in [0.717, 1.165) is 17.6 Å². The Kier molecular flexibility index (Phi) is 4.92. The summed E-state index contributed by atoms with van der Waals surface area (Å²) < 4.78 is 0. The molecule has 0 aliphatic rings. The Bertz CT molecular complexity index is 829. The zero-order valence-corrected chi connectivity index (χ0v) is 14.1. The van der Waals surface area contributed by atoms with Gasteiger partial charge in [0.15, 0.2) is 0 Å².